The van der Waals surface area contributed by atoms with E-state index in [1.165, 1.54) is 164 Å². The maximum absolute atomic E-state index is 9.81. The van der Waals surface area contributed by atoms with E-state index < -0.39 is 5.41 Å². The van der Waals surface area contributed by atoms with E-state index >= 15 is 0 Å². The molecule has 4 aliphatic carbocycles. The third-order valence-corrected chi connectivity index (χ3v) is 28.8. The van der Waals surface area contributed by atoms with Crippen molar-refractivity contribution in [1.29, 1.82) is 5.26 Å². The summed E-state index contributed by atoms with van der Waals surface area (Å²) in [4.78, 5) is 4.69. The van der Waals surface area contributed by atoms with Crippen molar-refractivity contribution in [2.24, 2.45) is 0 Å². The monoisotopic (exact) mass is 1640 g/mol. The molecule has 0 radical (unpaired) electrons. The molecule has 0 N–H and O–H groups in total. The van der Waals surface area contributed by atoms with Crippen LogP contribution in [0.5, 0.6) is 0 Å². The van der Waals surface area contributed by atoms with Crippen LogP contribution >= 0.6 is 11.3 Å². The molecule has 0 amide bonds. The van der Waals surface area contributed by atoms with E-state index in [9.17, 15) is 5.26 Å². The summed E-state index contributed by atoms with van der Waals surface area (Å²) < 4.78 is 9.43. The highest BCUT2D eigenvalue weighted by atomic mass is 32.1. The number of hydrogen-bond donors (Lipinski definition) is 0. The number of para-hydroxylation sites is 1. The minimum absolute atomic E-state index is 0.387. The van der Waals surface area contributed by atoms with Crippen LogP contribution in [0.15, 0.2) is 459 Å². The van der Waals surface area contributed by atoms with Crippen molar-refractivity contribution in [1.82, 2.24) is 0 Å². The Morgan fingerprint density at radius 2 is 0.664 bits per heavy atom. The third-order valence-electron chi connectivity index (χ3n) is 27.7. The van der Waals surface area contributed by atoms with Gasteiger partial charge in [0.25, 0.3) is 0 Å². The van der Waals surface area contributed by atoms with Gasteiger partial charge in [0.1, 0.15) is 5.58 Å². The van der Waals surface area contributed by atoms with Crippen molar-refractivity contribution in [2.45, 2.75) is 10.8 Å². The molecule has 594 valence electrons. The SMILES string of the molecule is N#Cc1ccc(N(c2ccc(-c3ccccc3)cc2)c2cc(-c3ccc4c(c3)C3(c5ccccc5-4)c4ccccc4-c4ccc5ccccc5c43)cc3c2oc2ccccc23)cc1.c1ccc(-c2cccc(N(c3ccc4ccccc4c3)c3ccc4sc5ccc(-c6ccc7c(c6)-c6ccccc6C76c7ccccc7-c7cc8ccccc8cc76)cc5c4c3)c2)cc1. The van der Waals surface area contributed by atoms with Crippen LogP contribution in [0.25, 0.3) is 163 Å². The minimum Gasteiger partial charge on any atom is -0.454 e. The molecule has 2 spiro atoms. The number of rotatable bonds is 10. The molecule has 23 aromatic rings. The number of fused-ring (bicyclic) bond motifs is 30. The van der Waals surface area contributed by atoms with Crippen LogP contribution < -0.4 is 9.80 Å². The van der Waals surface area contributed by atoms with Gasteiger partial charge in [0.15, 0.2) is 5.58 Å². The number of nitrogens with zero attached hydrogens (tertiary/aromatic N) is 3. The van der Waals surface area contributed by atoms with E-state index in [4.69, 9.17) is 4.42 Å². The largest absolute Gasteiger partial charge is 0.454 e. The predicted octanol–water partition coefficient (Wildman–Crippen LogP) is 33.3. The Labute approximate surface area is 744 Å². The molecule has 0 bridgehead atoms. The summed E-state index contributed by atoms with van der Waals surface area (Å²) in [7, 11) is 0. The Bertz CT molecular complexity index is 8600. The fourth-order valence-electron chi connectivity index (χ4n) is 22.1. The summed E-state index contributed by atoms with van der Waals surface area (Å²) in [6, 6.07) is 169. The smallest absolute Gasteiger partial charge is 0.159 e. The quantitative estimate of drug-likeness (QED) is 0.137. The Hall–Kier alpha value is -16.5. The van der Waals surface area contributed by atoms with E-state index in [-0.39, 0.29) is 5.41 Å². The average Bonchev–Trinajstić information content (AvgIpc) is 1.50. The summed E-state index contributed by atoms with van der Waals surface area (Å²) >= 11 is 1.87. The first-order chi connectivity index (χ1) is 63.4. The molecule has 0 fully saturated rings. The lowest BCUT2D eigenvalue weighted by Crippen LogP contribution is -2.26. The van der Waals surface area contributed by atoms with E-state index in [0.29, 0.717) is 5.56 Å². The standard InChI is InChI=1S/C63H39NS.C60H36N2O/c1-2-13-40(14-3-1)43-19-12-20-48(33-43)64(49-28-25-41-15-4-5-16-42(41)34-49)50-29-32-62-56(39-50)55-37-47(27-31-61(55)65-62)46-26-30-59-53(36-46)51-21-8-10-23-57(51)63(59)58-24-11-9-22-52(58)54-35-44-17-6-7-18-45(44)38-60(54)63;61-37-38-22-28-44(29-23-38)62(45-30-24-40(25-31-45)39-12-2-1-3-13-39)56-36-43(34-52-50-18-8-11-21-57(50)63-59(52)56)42-27-32-49-47-16-6-9-19-53(47)60(55(49)35-42)54-20-10-7-17-48(54)51-33-26-41-14-4-5-15-46(41)58(51)60/h1-39H;1-36H. The van der Waals surface area contributed by atoms with Gasteiger partial charge in [-0.2, -0.15) is 5.26 Å². The number of anilines is 6. The van der Waals surface area contributed by atoms with Crippen molar-refractivity contribution in [3.8, 4) is 95.1 Å². The van der Waals surface area contributed by atoms with Crippen molar-refractivity contribution in [2.75, 3.05) is 9.80 Å². The molecule has 128 heavy (non-hydrogen) atoms. The summed E-state index contributed by atoms with van der Waals surface area (Å²) in [5.74, 6) is 0. The van der Waals surface area contributed by atoms with Crippen molar-refractivity contribution in [3.63, 3.8) is 0 Å². The fraction of sp³-hybridized carbons (Fsp3) is 0.0163. The van der Waals surface area contributed by atoms with Crippen LogP contribution in [0.1, 0.15) is 50.1 Å². The molecule has 27 rings (SSSR count). The van der Waals surface area contributed by atoms with Gasteiger partial charge in [-0.3, -0.25) is 0 Å². The molecule has 2 unspecified atom stereocenters. The van der Waals surface area contributed by atoms with Gasteiger partial charge in [-0.1, -0.05) is 322 Å². The third kappa shape index (κ3) is 11.1. The van der Waals surface area contributed by atoms with Gasteiger partial charge in [0, 0.05) is 59.4 Å². The first-order valence-electron chi connectivity index (χ1n) is 43.9. The highest BCUT2D eigenvalue weighted by molar-refractivity contribution is 7.25. The number of hydrogen-bond acceptors (Lipinski definition) is 5. The van der Waals surface area contributed by atoms with Crippen LogP contribution in [0.3, 0.4) is 0 Å². The Morgan fingerprint density at radius 3 is 1.38 bits per heavy atom. The van der Waals surface area contributed by atoms with Gasteiger partial charge >= 0.3 is 0 Å². The van der Waals surface area contributed by atoms with Gasteiger partial charge in [0.2, 0.25) is 0 Å². The normalized spacial score (nSPS) is 14.5. The molecule has 2 aromatic heterocycles. The first-order valence-corrected chi connectivity index (χ1v) is 44.8. The van der Waals surface area contributed by atoms with Crippen molar-refractivity contribution < 1.29 is 4.42 Å². The van der Waals surface area contributed by atoms with Gasteiger partial charge in [0.05, 0.1) is 28.2 Å². The molecule has 4 nitrogen and oxygen atoms in total. The summed E-state index contributed by atoms with van der Waals surface area (Å²) in [6.07, 6.45) is 0. The topological polar surface area (TPSA) is 43.4 Å². The van der Waals surface area contributed by atoms with Crippen LogP contribution in [0, 0.1) is 11.3 Å². The van der Waals surface area contributed by atoms with E-state index in [0.717, 1.165) is 78.3 Å². The van der Waals surface area contributed by atoms with Crippen LogP contribution in [-0.2, 0) is 10.8 Å². The van der Waals surface area contributed by atoms with Gasteiger partial charge in [-0.05, 0) is 299 Å². The second-order valence-electron chi connectivity index (χ2n) is 34.3. The van der Waals surface area contributed by atoms with Crippen LogP contribution in [-0.4, -0.2) is 0 Å². The highest BCUT2D eigenvalue weighted by Gasteiger charge is 2.54. The Balaban J connectivity index is 0.000000136. The van der Waals surface area contributed by atoms with Gasteiger partial charge < -0.3 is 14.2 Å². The summed E-state index contributed by atoms with van der Waals surface area (Å²) in [5, 5.41) is 22.0. The Kier molecular flexibility index (Phi) is 16.4. The minimum atomic E-state index is -0.515. The predicted molar refractivity (Wildman–Crippen MR) is 534 cm³/mol. The summed E-state index contributed by atoms with van der Waals surface area (Å²) in [6.45, 7) is 0. The molecule has 5 heteroatoms. The first kappa shape index (κ1) is 73.1. The number of nitriles is 1. The zero-order valence-corrected chi connectivity index (χ0v) is 70.3. The zero-order chi connectivity index (χ0) is 84.3. The second kappa shape index (κ2) is 28.8. The lowest BCUT2D eigenvalue weighted by molar-refractivity contribution is 0.669. The van der Waals surface area contributed by atoms with Gasteiger partial charge in [-0.25, -0.2) is 0 Å². The van der Waals surface area contributed by atoms with Crippen molar-refractivity contribution >= 4 is 120 Å². The molecule has 4 aliphatic rings. The number of furan rings is 1. The number of benzene rings is 21. The second-order valence-corrected chi connectivity index (χ2v) is 35.4. The van der Waals surface area contributed by atoms with E-state index in [1.807, 2.05) is 47.7 Å². The van der Waals surface area contributed by atoms with Crippen molar-refractivity contribution in [3.05, 3.63) is 505 Å². The zero-order valence-electron chi connectivity index (χ0n) is 69.5. The maximum atomic E-state index is 9.81. The molecule has 2 atom stereocenters. The maximum Gasteiger partial charge on any atom is 0.159 e. The number of thiophene rings is 1. The molecular weight excluding hydrogens is 1570 g/mol. The molecule has 2 heterocycles. The average molecular weight is 1640 g/mol. The highest BCUT2D eigenvalue weighted by Crippen LogP contribution is 2.67. The van der Waals surface area contributed by atoms with E-state index in [1.54, 1.807) is 0 Å². The molecule has 0 saturated carbocycles. The Morgan fingerprint density at radius 1 is 0.227 bits per heavy atom. The van der Waals surface area contributed by atoms with Crippen LogP contribution in [0.4, 0.5) is 34.1 Å². The van der Waals surface area contributed by atoms with Gasteiger partial charge in [-0.15, -0.1) is 11.3 Å². The molecule has 21 aromatic carbocycles. The lowest BCUT2D eigenvalue weighted by atomic mass is 9.69. The lowest BCUT2D eigenvalue weighted by Gasteiger charge is -2.32. The molecule has 0 saturated heterocycles. The van der Waals surface area contributed by atoms with Crippen LogP contribution in [0.2, 0.25) is 0 Å². The molecular formula is C123H75N3OS. The van der Waals surface area contributed by atoms with E-state index in [2.05, 4.69) is 434 Å². The summed E-state index contributed by atoms with van der Waals surface area (Å²) in [5.41, 5.74) is 38.1. The fourth-order valence-corrected chi connectivity index (χ4v) is 23.2. The molecule has 0 aliphatic heterocycles.